The number of carboxylic acid groups (broad SMARTS) is 1. The molecule has 1 amide bonds. The third-order valence-corrected chi connectivity index (χ3v) is 4.34. The van der Waals surface area contributed by atoms with Crippen LogP contribution >= 0.6 is 11.8 Å². The third kappa shape index (κ3) is 3.24. The Labute approximate surface area is 127 Å². The molecule has 114 valence electrons. The van der Waals surface area contributed by atoms with Gasteiger partial charge in [-0.05, 0) is 12.1 Å². The number of carbonyl (C=O) groups excluding carboxylic acids is 1. The van der Waals surface area contributed by atoms with Gasteiger partial charge < -0.3 is 19.5 Å². The molecule has 1 fully saturated rings. The van der Waals surface area contributed by atoms with Crippen LogP contribution in [0.2, 0.25) is 0 Å². The van der Waals surface area contributed by atoms with Gasteiger partial charge in [-0.25, -0.2) is 4.79 Å². The van der Waals surface area contributed by atoms with Crippen molar-refractivity contribution in [1.29, 1.82) is 0 Å². The van der Waals surface area contributed by atoms with Gasteiger partial charge in [0, 0.05) is 24.1 Å². The van der Waals surface area contributed by atoms with Crippen LogP contribution in [-0.2, 0) is 4.79 Å². The number of hydrogen-bond donors (Lipinski definition) is 1. The van der Waals surface area contributed by atoms with Crippen molar-refractivity contribution in [3.05, 3.63) is 23.8 Å². The van der Waals surface area contributed by atoms with Crippen LogP contribution in [0.5, 0.6) is 11.5 Å². The zero-order valence-electron chi connectivity index (χ0n) is 11.9. The van der Waals surface area contributed by atoms with E-state index in [0.717, 1.165) is 5.75 Å². The smallest absolute Gasteiger partial charge is 0.327 e. The van der Waals surface area contributed by atoms with E-state index in [1.807, 2.05) is 0 Å². The molecule has 2 rings (SSSR count). The second-order valence-electron chi connectivity index (χ2n) is 4.49. The van der Waals surface area contributed by atoms with Crippen LogP contribution in [0.15, 0.2) is 18.2 Å². The van der Waals surface area contributed by atoms with Crippen LogP contribution in [0.3, 0.4) is 0 Å². The number of methoxy groups -OCH3 is 2. The SMILES string of the molecule is COc1ccc(C(=O)N2CCSCC2C(=O)O)c(OC)c1. The molecule has 0 saturated carbocycles. The van der Waals surface area contributed by atoms with Crippen molar-refractivity contribution in [2.45, 2.75) is 6.04 Å². The van der Waals surface area contributed by atoms with Gasteiger partial charge >= 0.3 is 5.97 Å². The van der Waals surface area contributed by atoms with Crippen molar-refractivity contribution in [3.8, 4) is 11.5 Å². The molecule has 1 saturated heterocycles. The van der Waals surface area contributed by atoms with E-state index >= 15 is 0 Å². The number of amides is 1. The summed E-state index contributed by atoms with van der Waals surface area (Å²) in [7, 11) is 2.99. The first-order valence-corrected chi connectivity index (χ1v) is 7.57. The number of carbonyl (C=O) groups is 2. The molecule has 0 aromatic heterocycles. The van der Waals surface area contributed by atoms with Crippen molar-refractivity contribution in [1.82, 2.24) is 4.90 Å². The molecule has 21 heavy (non-hydrogen) atoms. The maximum Gasteiger partial charge on any atom is 0.327 e. The number of thioether (sulfide) groups is 1. The second-order valence-corrected chi connectivity index (χ2v) is 5.64. The van der Waals surface area contributed by atoms with Crippen molar-refractivity contribution >= 4 is 23.6 Å². The fourth-order valence-electron chi connectivity index (χ4n) is 2.18. The van der Waals surface area contributed by atoms with Gasteiger partial charge in [-0.2, -0.15) is 11.8 Å². The quantitative estimate of drug-likeness (QED) is 0.904. The minimum Gasteiger partial charge on any atom is -0.497 e. The first-order valence-electron chi connectivity index (χ1n) is 6.42. The van der Waals surface area contributed by atoms with E-state index in [4.69, 9.17) is 9.47 Å². The molecule has 0 radical (unpaired) electrons. The number of hydrogen-bond acceptors (Lipinski definition) is 5. The van der Waals surface area contributed by atoms with Crippen molar-refractivity contribution in [3.63, 3.8) is 0 Å². The summed E-state index contributed by atoms with van der Waals surface area (Å²) in [6, 6.07) is 4.06. The van der Waals surface area contributed by atoms with E-state index in [0.29, 0.717) is 29.4 Å². The first kappa shape index (κ1) is 15.5. The summed E-state index contributed by atoms with van der Waals surface area (Å²) in [6.45, 7) is 0.412. The van der Waals surface area contributed by atoms with Gasteiger partial charge in [0.2, 0.25) is 0 Å². The Morgan fingerprint density at radius 1 is 1.33 bits per heavy atom. The fourth-order valence-corrected chi connectivity index (χ4v) is 3.22. The highest BCUT2D eigenvalue weighted by atomic mass is 32.2. The lowest BCUT2D eigenvalue weighted by atomic mass is 10.1. The van der Waals surface area contributed by atoms with E-state index < -0.39 is 12.0 Å². The Bertz CT molecular complexity index is 548. The highest BCUT2D eigenvalue weighted by molar-refractivity contribution is 7.99. The molecular weight excluding hydrogens is 294 g/mol. The van der Waals surface area contributed by atoms with Gasteiger partial charge in [-0.3, -0.25) is 4.79 Å². The Morgan fingerprint density at radius 3 is 2.71 bits per heavy atom. The summed E-state index contributed by atoms with van der Waals surface area (Å²) in [5.41, 5.74) is 0.344. The Hall–Kier alpha value is -1.89. The molecule has 0 aliphatic carbocycles. The minimum absolute atomic E-state index is 0.331. The van der Waals surface area contributed by atoms with E-state index in [1.165, 1.54) is 30.9 Å². The standard InChI is InChI=1S/C14H17NO5S/c1-19-9-3-4-10(12(7-9)20-2)13(16)15-5-6-21-8-11(15)14(17)18/h3-4,7,11H,5-6,8H2,1-2H3,(H,17,18). The number of aliphatic carboxylic acids is 1. The van der Waals surface area contributed by atoms with Crippen LogP contribution in [-0.4, -0.2) is 60.2 Å². The van der Waals surface area contributed by atoms with Crippen LogP contribution in [0.1, 0.15) is 10.4 Å². The van der Waals surface area contributed by atoms with Gasteiger partial charge in [0.1, 0.15) is 17.5 Å². The number of rotatable bonds is 4. The van der Waals surface area contributed by atoms with Crippen LogP contribution in [0.25, 0.3) is 0 Å². The lowest BCUT2D eigenvalue weighted by molar-refractivity contribution is -0.141. The molecule has 1 aliphatic heterocycles. The Balaban J connectivity index is 2.31. The van der Waals surface area contributed by atoms with Crippen molar-refractivity contribution in [2.75, 3.05) is 32.3 Å². The van der Waals surface area contributed by atoms with Gasteiger partial charge in [0.15, 0.2) is 0 Å². The molecule has 1 aromatic carbocycles. The van der Waals surface area contributed by atoms with Crippen LogP contribution in [0.4, 0.5) is 0 Å². The topological polar surface area (TPSA) is 76.1 Å². The largest absolute Gasteiger partial charge is 0.497 e. The maximum atomic E-state index is 12.6. The summed E-state index contributed by atoms with van der Waals surface area (Å²) in [5, 5.41) is 9.25. The highest BCUT2D eigenvalue weighted by Crippen LogP contribution is 2.28. The second kappa shape index (κ2) is 6.71. The average Bonchev–Trinajstić information content (AvgIpc) is 2.53. The Kier molecular flexibility index (Phi) is 4.95. The van der Waals surface area contributed by atoms with Crippen LogP contribution in [0, 0.1) is 0 Å². The van der Waals surface area contributed by atoms with E-state index in [1.54, 1.807) is 18.2 Å². The summed E-state index contributed by atoms with van der Waals surface area (Å²) >= 11 is 1.54. The maximum absolute atomic E-state index is 12.6. The van der Waals surface area contributed by atoms with E-state index in [-0.39, 0.29) is 5.91 Å². The van der Waals surface area contributed by atoms with Crippen molar-refractivity contribution < 1.29 is 24.2 Å². The highest BCUT2D eigenvalue weighted by Gasteiger charge is 2.33. The van der Waals surface area contributed by atoms with Crippen LogP contribution < -0.4 is 9.47 Å². The van der Waals surface area contributed by atoms with Gasteiger partial charge in [0.25, 0.3) is 5.91 Å². The molecule has 6 nitrogen and oxygen atoms in total. The number of benzene rings is 1. The molecule has 1 heterocycles. The molecule has 1 aromatic rings. The third-order valence-electron chi connectivity index (χ3n) is 3.31. The number of carboxylic acids is 1. The first-order chi connectivity index (χ1) is 10.1. The normalized spacial score (nSPS) is 18.2. The summed E-state index contributed by atoms with van der Waals surface area (Å²) in [5.74, 6) is 0.771. The minimum atomic E-state index is -0.983. The van der Waals surface area contributed by atoms with E-state index in [9.17, 15) is 14.7 Å². The lowest BCUT2D eigenvalue weighted by Gasteiger charge is -2.33. The molecule has 1 aliphatic rings. The zero-order chi connectivity index (χ0) is 15.4. The monoisotopic (exact) mass is 311 g/mol. The molecule has 7 heteroatoms. The molecule has 1 unspecified atom stereocenters. The van der Waals surface area contributed by atoms with Crippen molar-refractivity contribution in [2.24, 2.45) is 0 Å². The number of nitrogens with zero attached hydrogens (tertiary/aromatic N) is 1. The van der Waals surface area contributed by atoms with Gasteiger partial charge in [-0.1, -0.05) is 0 Å². The molecule has 1 N–H and O–H groups in total. The average molecular weight is 311 g/mol. The predicted octanol–water partition coefficient (Wildman–Crippen LogP) is 1.35. The molecule has 0 bridgehead atoms. The Morgan fingerprint density at radius 2 is 2.10 bits per heavy atom. The predicted molar refractivity (Wildman–Crippen MR) is 79.3 cm³/mol. The molecular formula is C14H17NO5S. The fraction of sp³-hybridized carbons (Fsp3) is 0.429. The number of ether oxygens (including phenoxy) is 2. The summed E-state index contributed by atoms with van der Waals surface area (Å²) < 4.78 is 10.3. The summed E-state index contributed by atoms with van der Waals surface area (Å²) in [6.07, 6.45) is 0. The molecule has 0 spiro atoms. The van der Waals surface area contributed by atoms with Gasteiger partial charge in [0.05, 0.1) is 19.8 Å². The van der Waals surface area contributed by atoms with Gasteiger partial charge in [-0.15, -0.1) is 0 Å². The van der Waals surface area contributed by atoms with E-state index in [2.05, 4.69) is 0 Å². The zero-order valence-corrected chi connectivity index (χ0v) is 12.7. The lowest BCUT2D eigenvalue weighted by Crippen LogP contribution is -2.50. The molecule has 1 atom stereocenters. The summed E-state index contributed by atoms with van der Waals surface area (Å²) in [4.78, 5) is 25.3.